The highest BCUT2D eigenvalue weighted by Gasteiger charge is 2.27. The molecular weight excluding hydrogens is 486 g/mol. The van der Waals surface area contributed by atoms with E-state index >= 15 is 0 Å². The molecule has 10 nitrogen and oxygen atoms in total. The van der Waals surface area contributed by atoms with E-state index in [-0.39, 0.29) is 22.1 Å². The van der Waals surface area contributed by atoms with Crippen molar-refractivity contribution in [3.63, 3.8) is 0 Å². The maximum Gasteiger partial charge on any atom is 0.338 e. The van der Waals surface area contributed by atoms with Crippen molar-refractivity contribution in [2.24, 2.45) is 0 Å². The van der Waals surface area contributed by atoms with Crippen molar-refractivity contribution in [2.45, 2.75) is 4.90 Å². The molecule has 1 aliphatic rings. The minimum atomic E-state index is -3.91. The zero-order chi connectivity index (χ0) is 25.7. The number of hydrogen-bond donors (Lipinski definition) is 0. The van der Waals surface area contributed by atoms with E-state index in [1.54, 1.807) is 47.4 Å². The molecule has 2 amide bonds. The predicted molar refractivity (Wildman–Crippen MR) is 130 cm³/mol. The molecule has 1 saturated heterocycles. The molecular formula is C25H25N3O7S. The molecule has 0 N–H and O–H groups in total. The lowest BCUT2D eigenvalue weighted by atomic mass is 10.2. The Morgan fingerprint density at radius 2 is 1.61 bits per heavy atom. The summed E-state index contributed by atoms with van der Waals surface area (Å²) in [6, 6.07) is 17.2. The zero-order valence-corrected chi connectivity index (χ0v) is 20.4. The van der Waals surface area contributed by atoms with E-state index in [1.165, 1.54) is 42.5 Å². The largest absolute Gasteiger partial charge is 0.459 e. The number of piperazine rings is 1. The van der Waals surface area contributed by atoms with Crippen molar-refractivity contribution in [3.8, 4) is 0 Å². The number of rotatable bonds is 7. The van der Waals surface area contributed by atoms with Crippen molar-refractivity contribution in [1.82, 2.24) is 9.80 Å². The van der Waals surface area contributed by atoms with Crippen LogP contribution in [0.2, 0.25) is 0 Å². The van der Waals surface area contributed by atoms with Crippen LogP contribution in [0.25, 0.3) is 0 Å². The van der Waals surface area contributed by atoms with Gasteiger partial charge in [0, 0.05) is 33.2 Å². The number of anilines is 1. The smallest absolute Gasteiger partial charge is 0.338 e. The Morgan fingerprint density at radius 1 is 0.917 bits per heavy atom. The number of carbonyl (C=O) groups excluding carboxylic acids is 3. The number of benzene rings is 2. The van der Waals surface area contributed by atoms with Gasteiger partial charge in [-0.15, -0.1) is 0 Å². The van der Waals surface area contributed by atoms with Gasteiger partial charge < -0.3 is 19.0 Å². The highest BCUT2D eigenvalue weighted by molar-refractivity contribution is 7.92. The van der Waals surface area contributed by atoms with Crippen LogP contribution in [-0.2, 0) is 19.6 Å². The van der Waals surface area contributed by atoms with Gasteiger partial charge in [0.25, 0.3) is 21.8 Å². The molecule has 188 valence electrons. The Labute approximate surface area is 208 Å². The third-order valence-corrected chi connectivity index (χ3v) is 7.61. The van der Waals surface area contributed by atoms with Crippen molar-refractivity contribution in [1.29, 1.82) is 0 Å². The van der Waals surface area contributed by atoms with Crippen molar-refractivity contribution in [3.05, 3.63) is 84.3 Å². The van der Waals surface area contributed by atoms with Crippen LogP contribution >= 0.6 is 0 Å². The number of hydrogen-bond acceptors (Lipinski definition) is 7. The molecule has 4 rings (SSSR count). The summed E-state index contributed by atoms with van der Waals surface area (Å²) in [6.45, 7) is 0.749. The van der Waals surface area contributed by atoms with Crippen LogP contribution in [0.15, 0.2) is 82.3 Å². The highest BCUT2D eigenvalue weighted by Crippen LogP contribution is 2.22. The molecule has 2 heterocycles. The molecule has 2 aromatic carbocycles. The maximum absolute atomic E-state index is 13.0. The van der Waals surface area contributed by atoms with E-state index in [1.807, 2.05) is 0 Å². The monoisotopic (exact) mass is 511 g/mol. The lowest BCUT2D eigenvalue weighted by Gasteiger charge is -2.34. The molecule has 1 aromatic heterocycles. The fourth-order valence-corrected chi connectivity index (χ4v) is 4.98. The standard InChI is InChI=1S/C25H25N3O7S/c1-26(20-8-3-2-4-9-20)36(32,33)21-10-5-7-19(17-21)25(31)35-18-23(29)27-12-14-28(15-13-27)24(30)22-11-6-16-34-22/h2-11,16-17H,12-15,18H2,1H3. The quantitative estimate of drug-likeness (QED) is 0.447. The van der Waals surface area contributed by atoms with Crippen LogP contribution in [0.1, 0.15) is 20.9 Å². The summed E-state index contributed by atoms with van der Waals surface area (Å²) in [7, 11) is -2.49. The van der Waals surface area contributed by atoms with Crippen molar-refractivity contribution in [2.75, 3.05) is 44.1 Å². The van der Waals surface area contributed by atoms with Crippen LogP contribution in [0.4, 0.5) is 5.69 Å². The molecule has 0 bridgehead atoms. The minimum absolute atomic E-state index is 0.0131. The fraction of sp³-hybridized carbons (Fsp3) is 0.240. The first kappa shape index (κ1) is 25.0. The SMILES string of the molecule is CN(c1ccccc1)S(=O)(=O)c1cccc(C(=O)OCC(=O)N2CCN(C(=O)c3ccco3)CC2)c1. The van der Waals surface area contributed by atoms with Crippen LogP contribution in [-0.4, -0.2) is 75.8 Å². The van der Waals surface area contributed by atoms with E-state index in [0.29, 0.717) is 31.9 Å². The molecule has 0 atom stereocenters. The molecule has 11 heteroatoms. The van der Waals surface area contributed by atoms with Gasteiger partial charge in [-0.25, -0.2) is 13.2 Å². The number of carbonyl (C=O) groups is 3. The summed E-state index contributed by atoms with van der Waals surface area (Å²) in [5.41, 5.74) is 0.487. The van der Waals surface area contributed by atoms with Gasteiger partial charge in [0.15, 0.2) is 12.4 Å². The van der Waals surface area contributed by atoms with E-state index in [0.717, 1.165) is 4.31 Å². The fourth-order valence-electron chi connectivity index (χ4n) is 3.74. The first-order valence-electron chi connectivity index (χ1n) is 11.2. The minimum Gasteiger partial charge on any atom is -0.459 e. The molecule has 36 heavy (non-hydrogen) atoms. The normalized spacial score (nSPS) is 13.8. The van der Waals surface area contributed by atoms with Gasteiger partial charge in [0.1, 0.15) is 0 Å². The summed E-state index contributed by atoms with van der Waals surface area (Å²) >= 11 is 0. The van der Waals surface area contributed by atoms with E-state index < -0.39 is 28.5 Å². The first-order valence-corrected chi connectivity index (χ1v) is 12.6. The molecule has 0 saturated carbocycles. The van der Waals surface area contributed by atoms with Crippen LogP contribution in [0, 0.1) is 0 Å². The average Bonchev–Trinajstić information content (AvgIpc) is 3.46. The number of furan rings is 1. The van der Waals surface area contributed by atoms with Gasteiger partial charge in [0.2, 0.25) is 0 Å². The number of nitrogens with zero attached hydrogens (tertiary/aromatic N) is 3. The zero-order valence-electron chi connectivity index (χ0n) is 19.6. The van der Waals surface area contributed by atoms with Crippen molar-refractivity contribution >= 4 is 33.5 Å². The number of para-hydroxylation sites is 1. The Kier molecular flexibility index (Phi) is 7.39. The molecule has 1 aliphatic heterocycles. The van der Waals surface area contributed by atoms with Crippen LogP contribution < -0.4 is 4.31 Å². The number of amides is 2. The Morgan fingerprint density at radius 3 is 2.28 bits per heavy atom. The summed E-state index contributed by atoms with van der Waals surface area (Å²) in [5, 5.41) is 0. The Balaban J connectivity index is 1.33. The number of sulfonamides is 1. The molecule has 0 radical (unpaired) electrons. The average molecular weight is 512 g/mol. The third kappa shape index (κ3) is 5.41. The van der Waals surface area contributed by atoms with Gasteiger partial charge >= 0.3 is 5.97 Å². The molecule has 3 aromatic rings. The number of esters is 1. The molecule has 1 fully saturated rings. The maximum atomic E-state index is 13.0. The second-order valence-electron chi connectivity index (χ2n) is 8.06. The summed E-state index contributed by atoms with van der Waals surface area (Å²) in [4.78, 5) is 40.5. The lowest BCUT2D eigenvalue weighted by molar-refractivity contribution is -0.136. The lowest BCUT2D eigenvalue weighted by Crippen LogP contribution is -2.51. The third-order valence-electron chi connectivity index (χ3n) is 5.83. The van der Waals surface area contributed by atoms with Gasteiger partial charge in [-0.05, 0) is 42.5 Å². The van der Waals surface area contributed by atoms with E-state index in [9.17, 15) is 22.8 Å². The highest BCUT2D eigenvalue weighted by atomic mass is 32.2. The molecule has 0 unspecified atom stereocenters. The summed E-state index contributed by atoms with van der Waals surface area (Å²) in [6.07, 6.45) is 1.42. The van der Waals surface area contributed by atoms with E-state index in [2.05, 4.69) is 0 Å². The van der Waals surface area contributed by atoms with Crippen LogP contribution in [0.3, 0.4) is 0 Å². The number of ether oxygens (including phenoxy) is 1. The van der Waals surface area contributed by atoms with Gasteiger partial charge in [-0.1, -0.05) is 24.3 Å². The summed E-state index contributed by atoms with van der Waals surface area (Å²) in [5.74, 6) is -1.22. The second kappa shape index (κ2) is 10.6. The second-order valence-corrected chi connectivity index (χ2v) is 10.0. The summed E-state index contributed by atoms with van der Waals surface area (Å²) < 4.78 is 37.4. The molecule has 0 aliphatic carbocycles. The van der Waals surface area contributed by atoms with Gasteiger partial charge in [0.05, 0.1) is 22.4 Å². The van der Waals surface area contributed by atoms with Gasteiger partial charge in [-0.3, -0.25) is 13.9 Å². The Bertz CT molecular complexity index is 1330. The Hall–Kier alpha value is -4.12. The molecule has 0 spiro atoms. The topological polar surface area (TPSA) is 117 Å². The van der Waals surface area contributed by atoms with Gasteiger partial charge in [-0.2, -0.15) is 0 Å². The van der Waals surface area contributed by atoms with Crippen molar-refractivity contribution < 1.29 is 32.0 Å². The predicted octanol–water partition coefficient (Wildman–Crippen LogP) is 2.25. The van der Waals surface area contributed by atoms with Crippen LogP contribution in [0.5, 0.6) is 0 Å². The van der Waals surface area contributed by atoms with E-state index in [4.69, 9.17) is 9.15 Å². The first-order chi connectivity index (χ1) is 17.3.